The highest BCUT2D eigenvalue weighted by Crippen LogP contribution is 2.20. The molecule has 6 heteroatoms. The van der Waals surface area contributed by atoms with Crippen molar-refractivity contribution in [3.05, 3.63) is 16.4 Å². The molecule has 0 saturated carbocycles. The van der Waals surface area contributed by atoms with E-state index in [4.69, 9.17) is 10.5 Å². The summed E-state index contributed by atoms with van der Waals surface area (Å²) in [6.45, 7) is 10.9. The number of aromatic nitrogens is 3. The van der Waals surface area contributed by atoms with Gasteiger partial charge in [-0.3, -0.25) is 0 Å². The second-order valence-corrected chi connectivity index (χ2v) is 6.46. The standard InChI is InChI=1S/C18H28N4O2/c1-6-9-13-12(7-2)16-15(17(19)20-13)21-14(10-24-8-3)22(16)11-18(4,5)23/h7,9,23H,6,8,10-11H2,1-5H3,(H2,19,20)/b12-7+,13-9+. The summed E-state index contributed by atoms with van der Waals surface area (Å²) < 4.78 is 7.56. The molecular formula is C18H28N4O2. The molecule has 2 heterocycles. The lowest BCUT2D eigenvalue weighted by molar-refractivity contribution is 0.0581. The first kappa shape index (κ1) is 18.4. The zero-order chi connectivity index (χ0) is 17.9. The predicted octanol–water partition coefficient (Wildman–Crippen LogP) is 1.31. The van der Waals surface area contributed by atoms with Crippen LogP contribution in [0.15, 0.2) is 0 Å². The van der Waals surface area contributed by atoms with Gasteiger partial charge in [-0.1, -0.05) is 19.1 Å². The number of rotatable bonds is 6. The van der Waals surface area contributed by atoms with Gasteiger partial charge in [0.1, 0.15) is 17.9 Å². The summed E-state index contributed by atoms with van der Waals surface area (Å²) in [6, 6.07) is 0. The quantitative estimate of drug-likeness (QED) is 0.833. The van der Waals surface area contributed by atoms with Crippen molar-refractivity contribution in [1.82, 2.24) is 14.5 Å². The molecule has 0 spiro atoms. The summed E-state index contributed by atoms with van der Waals surface area (Å²) in [5.41, 5.74) is 6.85. The molecule has 0 unspecified atom stereocenters. The molecule has 0 saturated heterocycles. The van der Waals surface area contributed by atoms with Gasteiger partial charge in [0.2, 0.25) is 0 Å². The van der Waals surface area contributed by atoms with Crippen molar-refractivity contribution < 1.29 is 9.84 Å². The topological polar surface area (TPSA) is 86.2 Å². The molecular weight excluding hydrogens is 304 g/mol. The summed E-state index contributed by atoms with van der Waals surface area (Å²) in [5, 5.41) is 12.2. The van der Waals surface area contributed by atoms with Crippen LogP contribution in [0.2, 0.25) is 0 Å². The Kier molecular flexibility index (Phi) is 5.62. The number of pyridine rings is 1. The van der Waals surface area contributed by atoms with Gasteiger partial charge in [-0.15, -0.1) is 0 Å². The summed E-state index contributed by atoms with van der Waals surface area (Å²) in [5.74, 6) is 1.15. The molecule has 0 fully saturated rings. The Balaban J connectivity index is 2.88. The van der Waals surface area contributed by atoms with Crippen molar-refractivity contribution >= 4 is 29.0 Å². The Morgan fingerprint density at radius 3 is 2.54 bits per heavy atom. The molecule has 132 valence electrons. The average Bonchev–Trinajstić information content (AvgIpc) is 2.83. The fourth-order valence-electron chi connectivity index (χ4n) is 2.81. The van der Waals surface area contributed by atoms with Crippen LogP contribution in [0.5, 0.6) is 0 Å². The van der Waals surface area contributed by atoms with Crippen LogP contribution in [0.3, 0.4) is 0 Å². The van der Waals surface area contributed by atoms with Gasteiger partial charge in [-0.2, -0.15) is 0 Å². The van der Waals surface area contributed by atoms with E-state index in [0.717, 1.165) is 28.3 Å². The maximum atomic E-state index is 10.4. The van der Waals surface area contributed by atoms with Gasteiger partial charge in [0, 0.05) is 11.8 Å². The highest BCUT2D eigenvalue weighted by molar-refractivity contribution is 5.86. The molecule has 24 heavy (non-hydrogen) atoms. The van der Waals surface area contributed by atoms with Gasteiger partial charge in [0.15, 0.2) is 5.82 Å². The van der Waals surface area contributed by atoms with Crippen molar-refractivity contribution in [3.8, 4) is 0 Å². The number of nitrogens with two attached hydrogens (primary N) is 1. The lowest BCUT2D eigenvalue weighted by Crippen LogP contribution is -2.34. The maximum absolute atomic E-state index is 10.4. The minimum atomic E-state index is -0.883. The normalized spacial score (nSPS) is 14.1. The summed E-state index contributed by atoms with van der Waals surface area (Å²) in [4.78, 5) is 9.15. The van der Waals surface area contributed by atoms with Gasteiger partial charge in [0.25, 0.3) is 0 Å². The molecule has 0 aliphatic rings. The number of anilines is 1. The van der Waals surface area contributed by atoms with Crippen molar-refractivity contribution in [2.24, 2.45) is 0 Å². The smallest absolute Gasteiger partial charge is 0.152 e. The van der Waals surface area contributed by atoms with E-state index in [0.29, 0.717) is 31.1 Å². The molecule has 2 rings (SSSR count). The van der Waals surface area contributed by atoms with E-state index in [1.165, 1.54) is 0 Å². The number of aliphatic hydroxyl groups is 1. The zero-order valence-corrected chi connectivity index (χ0v) is 15.3. The van der Waals surface area contributed by atoms with Crippen LogP contribution in [0, 0.1) is 0 Å². The lowest BCUT2D eigenvalue weighted by atomic mass is 10.1. The number of fused-ring (bicyclic) bond motifs is 1. The fourth-order valence-corrected chi connectivity index (χ4v) is 2.81. The highest BCUT2D eigenvalue weighted by atomic mass is 16.5. The van der Waals surface area contributed by atoms with E-state index in [-0.39, 0.29) is 0 Å². The predicted molar refractivity (Wildman–Crippen MR) is 97.7 cm³/mol. The number of nitrogen functional groups attached to an aromatic ring is 1. The van der Waals surface area contributed by atoms with Crippen LogP contribution >= 0.6 is 0 Å². The zero-order valence-electron chi connectivity index (χ0n) is 15.3. The minimum Gasteiger partial charge on any atom is -0.389 e. The summed E-state index contributed by atoms with van der Waals surface area (Å²) in [7, 11) is 0. The third-order valence-corrected chi connectivity index (χ3v) is 3.73. The first-order valence-electron chi connectivity index (χ1n) is 8.43. The molecule has 0 aliphatic carbocycles. The molecule has 0 aromatic carbocycles. The van der Waals surface area contributed by atoms with Crippen LogP contribution in [0.4, 0.5) is 5.82 Å². The Labute approximate surface area is 142 Å². The van der Waals surface area contributed by atoms with Crippen molar-refractivity contribution in [2.75, 3.05) is 12.3 Å². The molecule has 0 aliphatic heterocycles. The van der Waals surface area contributed by atoms with Crippen LogP contribution in [0.25, 0.3) is 23.2 Å². The monoisotopic (exact) mass is 332 g/mol. The molecule has 0 bridgehead atoms. The second-order valence-electron chi connectivity index (χ2n) is 6.46. The van der Waals surface area contributed by atoms with Crippen molar-refractivity contribution in [2.45, 2.75) is 59.8 Å². The largest absolute Gasteiger partial charge is 0.389 e. The Hall–Kier alpha value is -1.92. The van der Waals surface area contributed by atoms with Gasteiger partial charge < -0.3 is 20.1 Å². The van der Waals surface area contributed by atoms with Gasteiger partial charge in [-0.05, 0) is 34.1 Å². The summed E-state index contributed by atoms with van der Waals surface area (Å²) in [6.07, 6.45) is 4.93. The SMILES string of the molecule is C/C=c1\c(=C/CC)nc(N)c2nc(COCC)n(CC(C)(C)O)c12. The Bertz CT molecular complexity index is 832. The maximum Gasteiger partial charge on any atom is 0.152 e. The van der Waals surface area contributed by atoms with E-state index < -0.39 is 5.60 Å². The third-order valence-electron chi connectivity index (χ3n) is 3.73. The lowest BCUT2D eigenvalue weighted by Gasteiger charge is -2.20. The number of ether oxygens (including phenoxy) is 1. The van der Waals surface area contributed by atoms with Crippen LogP contribution in [-0.2, 0) is 17.9 Å². The van der Waals surface area contributed by atoms with E-state index in [1.807, 2.05) is 24.5 Å². The fraction of sp³-hybridized carbons (Fsp3) is 0.556. The molecule has 2 aromatic heterocycles. The van der Waals surface area contributed by atoms with Crippen LogP contribution < -0.4 is 16.3 Å². The number of hydrogen-bond acceptors (Lipinski definition) is 5. The number of hydrogen-bond donors (Lipinski definition) is 2. The minimum absolute atomic E-state index is 0.372. The first-order valence-corrected chi connectivity index (χ1v) is 8.43. The molecule has 2 aromatic rings. The second kappa shape index (κ2) is 7.32. The van der Waals surface area contributed by atoms with Gasteiger partial charge in [-0.25, -0.2) is 9.97 Å². The highest BCUT2D eigenvalue weighted by Gasteiger charge is 2.21. The van der Waals surface area contributed by atoms with E-state index in [9.17, 15) is 5.11 Å². The first-order chi connectivity index (χ1) is 11.3. The third kappa shape index (κ3) is 3.76. The molecule has 6 nitrogen and oxygen atoms in total. The van der Waals surface area contributed by atoms with E-state index in [1.54, 1.807) is 13.8 Å². The summed E-state index contributed by atoms with van der Waals surface area (Å²) >= 11 is 0. The van der Waals surface area contributed by atoms with Crippen molar-refractivity contribution in [3.63, 3.8) is 0 Å². The van der Waals surface area contributed by atoms with Crippen LogP contribution in [-0.4, -0.2) is 31.8 Å². The average molecular weight is 332 g/mol. The van der Waals surface area contributed by atoms with E-state index >= 15 is 0 Å². The van der Waals surface area contributed by atoms with Crippen LogP contribution in [0.1, 0.15) is 46.9 Å². The van der Waals surface area contributed by atoms with Gasteiger partial charge in [0.05, 0.1) is 23.0 Å². The molecule has 0 radical (unpaired) electrons. The van der Waals surface area contributed by atoms with Crippen molar-refractivity contribution in [1.29, 1.82) is 0 Å². The molecule has 0 amide bonds. The van der Waals surface area contributed by atoms with E-state index in [2.05, 4.69) is 23.0 Å². The Morgan fingerprint density at radius 1 is 1.29 bits per heavy atom. The number of imidazole rings is 1. The molecule has 3 N–H and O–H groups in total. The molecule has 0 atom stereocenters. The number of nitrogens with zero attached hydrogens (tertiary/aromatic N) is 3. The Morgan fingerprint density at radius 2 is 2.00 bits per heavy atom. The van der Waals surface area contributed by atoms with Gasteiger partial charge >= 0.3 is 0 Å².